The van der Waals surface area contributed by atoms with Crippen LogP contribution in [0.15, 0.2) is 98.1 Å². The molecule has 36 heavy (non-hydrogen) atoms. The summed E-state index contributed by atoms with van der Waals surface area (Å²) in [5.41, 5.74) is -0.759. The molecule has 0 bridgehead atoms. The number of hydrogen-bond acceptors (Lipinski definition) is 8. The Labute approximate surface area is 204 Å². The van der Waals surface area contributed by atoms with Crippen LogP contribution in [0.25, 0.3) is 0 Å². The van der Waals surface area contributed by atoms with Crippen LogP contribution in [0.3, 0.4) is 0 Å². The first kappa shape index (κ1) is 28.5. The average molecular weight is 492 g/mol. The fourth-order valence-electron chi connectivity index (χ4n) is 2.22. The van der Waals surface area contributed by atoms with Crippen molar-refractivity contribution in [3.05, 3.63) is 120 Å². The van der Waals surface area contributed by atoms with Gasteiger partial charge in [0.2, 0.25) is 0 Å². The molecule has 0 saturated carbocycles. The lowest BCUT2D eigenvalue weighted by Crippen LogP contribution is -2.06. The molecular formula is C24H20N4O8. The van der Waals surface area contributed by atoms with Crippen molar-refractivity contribution in [2.24, 2.45) is 0 Å². The van der Waals surface area contributed by atoms with Gasteiger partial charge in [0.25, 0.3) is 0 Å². The molecule has 0 saturated heterocycles. The number of rotatable bonds is 4. The van der Waals surface area contributed by atoms with Gasteiger partial charge >= 0.3 is 23.9 Å². The Balaban J connectivity index is 0.000000252. The number of carboxylic acid groups (broad SMARTS) is 4. The monoisotopic (exact) mass is 492 g/mol. The lowest BCUT2D eigenvalue weighted by molar-refractivity contribution is 0.0651. The van der Waals surface area contributed by atoms with E-state index in [0.29, 0.717) is 0 Å². The van der Waals surface area contributed by atoms with Crippen molar-refractivity contribution in [1.82, 2.24) is 19.9 Å². The van der Waals surface area contributed by atoms with Crippen molar-refractivity contribution in [3.63, 3.8) is 0 Å². The Hall–Kier alpha value is -5.52. The number of benzene rings is 2. The van der Waals surface area contributed by atoms with Crippen LogP contribution in [0.5, 0.6) is 0 Å². The van der Waals surface area contributed by atoms with Gasteiger partial charge < -0.3 is 20.4 Å². The average Bonchev–Trinajstić information content (AvgIpc) is 2.91. The highest BCUT2D eigenvalue weighted by Crippen LogP contribution is 2.08. The highest BCUT2D eigenvalue weighted by atomic mass is 16.4. The Morgan fingerprint density at radius 3 is 0.667 bits per heavy atom. The van der Waals surface area contributed by atoms with Crippen molar-refractivity contribution >= 4 is 23.9 Å². The molecule has 0 aliphatic rings. The van der Waals surface area contributed by atoms with Crippen LogP contribution < -0.4 is 0 Å². The Kier molecular flexibility index (Phi) is 12.8. The number of carboxylic acids is 4. The first-order valence-electron chi connectivity index (χ1n) is 9.76. The molecule has 0 radical (unpaired) electrons. The molecule has 0 aliphatic heterocycles. The van der Waals surface area contributed by atoms with Gasteiger partial charge in [-0.15, -0.1) is 0 Å². The van der Waals surface area contributed by atoms with Crippen LogP contribution in [-0.2, 0) is 0 Å². The van der Waals surface area contributed by atoms with Crippen LogP contribution in [0, 0.1) is 0 Å². The quantitative estimate of drug-likeness (QED) is 0.325. The molecule has 4 aromatic rings. The van der Waals surface area contributed by atoms with Gasteiger partial charge in [0.05, 0.1) is 22.3 Å². The van der Waals surface area contributed by atoms with Crippen molar-refractivity contribution in [1.29, 1.82) is 0 Å². The zero-order chi connectivity index (χ0) is 26.8. The van der Waals surface area contributed by atoms with E-state index in [-0.39, 0.29) is 22.3 Å². The number of hydrogen-bond donors (Lipinski definition) is 4. The number of carbonyl (C=O) groups is 4. The number of aromatic nitrogens is 4. The molecular weight excluding hydrogens is 472 g/mol. The molecule has 2 aromatic heterocycles. The molecule has 2 heterocycles. The molecule has 0 spiro atoms. The molecule has 12 nitrogen and oxygen atoms in total. The van der Waals surface area contributed by atoms with Crippen molar-refractivity contribution in [2.45, 2.75) is 0 Å². The van der Waals surface area contributed by atoms with E-state index in [9.17, 15) is 19.2 Å². The first-order chi connectivity index (χ1) is 17.3. The van der Waals surface area contributed by atoms with E-state index in [0.717, 1.165) is 0 Å². The summed E-state index contributed by atoms with van der Waals surface area (Å²) in [4.78, 5) is 56.7. The van der Waals surface area contributed by atoms with Crippen LogP contribution in [0.4, 0.5) is 0 Å². The Bertz CT molecular complexity index is 1040. The molecule has 4 N–H and O–H groups in total. The summed E-state index contributed by atoms with van der Waals surface area (Å²) in [5, 5.41) is 34.2. The van der Waals surface area contributed by atoms with Gasteiger partial charge in [-0.05, 0) is 24.3 Å². The van der Waals surface area contributed by atoms with E-state index >= 15 is 0 Å². The molecule has 0 amide bonds. The van der Waals surface area contributed by atoms with Gasteiger partial charge in [-0.2, -0.15) is 0 Å². The summed E-state index contributed by atoms with van der Waals surface area (Å²) in [6.45, 7) is 0. The molecule has 2 aromatic carbocycles. The Morgan fingerprint density at radius 2 is 0.556 bits per heavy atom. The minimum atomic E-state index is -1.23. The van der Waals surface area contributed by atoms with E-state index in [4.69, 9.17) is 20.4 Å². The van der Waals surface area contributed by atoms with E-state index < -0.39 is 23.9 Å². The third kappa shape index (κ3) is 10.9. The minimum Gasteiger partial charge on any atom is -0.478 e. The molecule has 0 atom stereocenters. The zero-order valence-corrected chi connectivity index (χ0v) is 18.4. The summed E-state index contributed by atoms with van der Waals surface area (Å²) >= 11 is 0. The van der Waals surface area contributed by atoms with Gasteiger partial charge in [-0.1, -0.05) is 24.3 Å². The second-order valence-corrected chi connectivity index (χ2v) is 6.10. The summed E-state index contributed by atoms with van der Waals surface area (Å²) in [5.74, 6) is -4.91. The largest absolute Gasteiger partial charge is 0.478 e. The minimum absolute atomic E-state index is 0.190. The molecule has 0 fully saturated rings. The fourth-order valence-corrected chi connectivity index (χ4v) is 2.22. The van der Waals surface area contributed by atoms with Crippen LogP contribution in [-0.4, -0.2) is 64.2 Å². The molecule has 4 rings (SSSR count). The van der Waals surface area contributed by atoms with Gasteiger partial charge in [0, 0.05) is 49.6 Å². The van der Waals surface area contributed by atoms with Crippen molar-refractivity contribution in [2.75, 3.05) is 0 Å². The Morgan fingerprint density at radius 1 is 0.389 bits per heavy atom. The predicted octanol–water partition coefficient (Wildman–Crippen LogP) is 3.12. The second kappa shape index (κ2) is 16.1. The SMILES string of the molecule is O=C(O)c1ccccc1C(=O)O.O=C(O)c1ccccc1C(=O)O.c1cnccn1.c1cnccn1. The molecule has 12 heteroatoms. The first-order valence-corrected chi connectivity index (χ1v) is 9.76. The lowest BCUT2D eigenvalue weighted by atomic mass is 10.1. The van der Waals surface area contributed by atoms with E-state index in [1.807, 2.05) is 0 Å². The number of nitrogens with zero attached hydrogens (tertiary/aromatic N) is 4. The molecule has 184 valence electrons. The third-order valence-electron chi connectivity index (χ3n) is 3.73. The van der Waals surface area contributed by atoms with E-state index in [1.54, 1.807) is 49.6 Å². The second-order valence-electron chi connectivity index (χ2n) is 6.10. The molecule has 0 unspecified atom stereocenters. The highest BCUT2D eigenvalue weighted by molar-refractivity contribution is 6.02. The van der Waals surface area contributed by atoms with Gasteiger partial charge in [0.1, 0.15) is 0 Å². The maximum absolute atomic E-state index is 10.5. The summed E-state index contributed by atoms with van der Waals surface area (Å²) < 4.78 is 0. The van der Waals surface area contributed by atoms with Crippen LogP contribution in [0.2, 0.25) is 0 Å². The van der Waals surface area contributed by atoms with Crippen LogP contribution in [0.1, 0.15) is 41.4 Å². The van der Waals surface area contributed by atoms with Gasteiger partial charge in [0.15, 0.2) is 0 Å². The van der Waals surface area contributed by atoms with Crippen molar-refractivity contribution in [3.8, 4) is 0 Å². The van der Waals surface area contributed by atoms with E-state index in [2.05, 4.69) is 19.9 Å². The highest BCUT2D eigenvalue weighted by Gasteiger charge is 2.14. The maximum Gasteiger partial charge on any atom is 0.336 e. The summed E-state index contributed by atoms with van der Waals surface area (Å²) in [7, 11) is 0. The van der Waals surface area contributed by atoms with Gasteiger partial charge in [-0.25, -0.2) is 19.2 Å². The third-order valence-corrected chi connectivity index (χ3v) is 3.73. The topological polar surface area (TPSA) is 201 Å². The van der Waals surface area contributed by atoms with Gasteiger partial charge in [-0.3, -0.25) is 19.9 Å². The smallest absolute Gasteiger partial charge is 0.336 e. The predicted molar refractivity (Wildman–Crippen MR) is 125 cm³/mol. The van der Waals surface area contributed by atoms with Crippen LogP contribution >= 0.6 is 0 Å². The summed E-state index contributed by atoms with van der Waals surface area (Å²) in [6, 6.07) is 11.0. The number of aromatic carboxylic acids is 4. The summed E-state index contributed by atoms with van der Waals surface area (Å²) in [6.07, 6.45) is 13.1. The van der Waals surface area contributed by atoms with E-state index in [1.165, 1.54) is 48.5 Å². The maximum atomic E-state index is 10.5. The zero-order valence-electron chi connectivity index (χ0n) is 18.4. The van der Waals surface area contributed by atoms with Crippen molar-refractivity contribution < 1.29 is 39.6 Å². The standard InChI is InChI=1S/2C8H6O4.2C4H4N2/c2*9-7(10)5-3-1-2-4-6(5)8(11)12;2*1-2-6-4-3-5-1/h2*1-4H,(H,9,10)(H,11,12);2*1-4H. The molecule has 0 aliphatic carbocycles. The normalized spacial score (nSPS) is 8.89. The fraction of sp³-hybridized carbons (Fsp3) is 0. The lowest BCUT2D eigenvalue weighted by Gasteiger charge is -1.98.